The van der Waals surface area contributed by atoms with Gasteiger partial charge in [-0.1, -0.05) is 12.1 Å². The number of ether oxygens (including phenoxy) is 1. The molecule has 200 valence electrons. The molecule has 0 bridgehead atoms. The van der Waals surface area contributed by atoms with Crippen LogP contribution in [-0.2, 0) is 17.5 Å². The Morgan fingerprint density at radius 2 is 1.71 bits per heavy atom. The van der Waals surface area contributed by atoms with E-state index in [0.29, 0.717) is 35.7 Å². The monoisotopic (exact) mass is 534 g/mol. The molecule has 0 spiro atoms. The van der Waals surface area contributed by atoms with Crippen LogP contribution >= 0.6 is 0 Å². The van der Waals surface area contributed by atoms with Gasteiger partial charge in [0.25, 0.3) is 6.43 Å². The minimum absolute atomic E-state index is 0.0581. The molecule has 0 atom stereocenters. The number of aromatic nitrogens is 2. The molecule has 1 aliphatic rings. The van der Waals surface area contributed by atoms with E-state index in [2.05, 4.69) is 20.6 Å². The van der Waals surface area contributed by atoms with Crippen LogP contribution in [0, 0.1) is 5.41 Å². The van der Waals surface area contributed by atoms with Gasteiger partial charge in [-0.25, -0.2) is 18.7 Å². The summed E-state index contributed by atoms with van der Waals surface area (Å²) in [6.45, 7) is -0.838. The summed E-state index contributed by atoms with van der Waals surface area (Å²) in [5.41, 5.74) is -0.693. The fraction of sp³-hybridized carbons (Fsp3) is 0.308. The molecular weight excluding hydrogens is 511 g/mol. The number of hydrogen-bond donors (Lipinski definition) is 2. The Kier molecular flexibility index (Phi) is 7.88. The van der Waals surface area contributed by atoms with Gasteiger partial charge in [-0.3, -0.25) is 9.59 Å². The van der Waals surface area contributed by atoms with Gasteiger partial charge in [0.05, 0.1) is 22.2 Å². The van der Waals surface area contributed by atoms with Gasteiger partial charge < -0.3 is 15.4 Å². The van der Waals surface area contributed by atoms with Gasteiger partial charge in [0.1, 0.15) is 18.7 Å². The standard InChI is InChI=1S/C26H23F5N4O3/c27-23(28)14-38-19-5-6-21(20(9-19)26(29,30)31)35-18-3-1-16(2-4-18)11-34-24(37)25(7-8-25)10-22(36)17-12-32-15-33-13-17/h1-6,9,12-13,15,23,35H,7-8,10-11,14H2,(H,34,37). The maximum Gasteiger partial charge on any atom is 0.418 e. The number of rotatable bonds is 11. The normalized spacial score (nSPS) is 14.2. The first-order chi connectivity index (χ1) is 18.1. The molecule has 12 heteroatoms. The van der Waals surface area contributed by atoms with Crippen molar-refractivity contribution in [3.63, 3.8) is 0 Å². The van der Waals surface area contributed by atoms with Gasteiger partial charge in [-0.15, -0.1) is 0 Å². The van der Waals surface area contributed by atoms with Crippen molar-refractivity contribution in [2.75, 3.05) is 11.9 Å². The molecule has 7 nitrogen and oxygen atoms in total. The lowest BCUT2D eigenvalue weighted by Crippen LogP contribution is -2.33. The van der Waals surface area contributed by atoms with Crippen molar-refractivity contribution in [2.45, 2.75) is 38.4 Å². The van der Waals surface area contributed by atoms with Gasteiger partial charge in [0.2, 0.25) is 5.91 Å². The molecule has 1 saturated carbocycles. The Hall–Kier alpha value is -4.09. The van der Waals surface area contributed by atoms with Crippen molar-refractivity contribution in [1.82, 2.24) is 15.3 Å². The van der Waals surface area contributed by atoms with Crippen LogP contribution in [0.1, 0.15) is 40.7 Å². The zero-order valence-corrected chi connectivity index (χ0v) is 19.9. The van der Waals surface area contributed by atoms with Gasteiger partial charge in [-0.05, 0) is 48.7 Å². The average molecular weight is 534 g/mol. The molecule has 2 aromatic carbocycles. The van der Waals surface area contributed by atoms with Crippen molar-refractivity contribution in [3.05, 3.63) is 77.9 Å². The number of benzene rings is 2. The Balaban J connectivity index is 1.35. The number of carbonyl (C=O) groups excluding carboxylic acids is 2. The summed E-state index contributed by atoms with van der Waals surface area (Å²) in [7, 11) is 0. The Morgan fingerprint density at radius 3 is 2.32 bits per heavy atom. The van der Waals surface area contributed by atoms with E-state index in [1.165, 1.54) is 24.8 Å². The molecule has 3 aromatic rings. The van der Waals surface area contributed by atoms with Crippen molar-refractivity contribution in [1.29, 1.82) is 0 Å². The van der Waals surface area contributed by atoms with Gasteiger partial charge in [0.15, 0.2) is 5.78 Å². The summed E-state index contributed by atoms with van der Waals surface area (Å²) in [4.78, 5) is 32.8. The van der Waals surface area contributed by atoms with E-state index in [1.807, 2.05) is 0 Å². The molecule has 0 saturated heterocycles. The van der Waals surface area contributed by atoms with E-state index in [0.717, 1.165) is 6.07 Å². The van der Waals surface area contributed by atoms with Crippen LogP contribution in [0.5, 0.6) is 5.75 Å². The van der Waals surface area contributed by atoms with Crippen molar-refractivity contribution < 1.29 is 36.3 Å². The number of anilines is 2. The SMILES string of the molecule is O=C(CC1(C(=O)NCc2ccc(Nc3ccc(OCC(F)F)cc3C(F)(F)F)cc2)CC1)c1cncnc1. The third-order valence-electron chi connectivity index (χ3n) is 6.08. The van der Waals surface area contributed by atoms with Crippen molar-refractivity contribution >= 4 is 23.1 Å². The fourth-order valence-electron chi connectivity index (χ4n) is 3.83. The molecule has 0 radical (unpaired) electrons. The summed E-state index contributed by atoms with van der Waals surface area (Å²) in [5, 5.41) is 5.50. The zero-order chi connectivity index (χ0) is 27.3. The van der Waals surface area contributed by atoms with E-state index in [-0.39, 0.29) is 36.1 Å². The molecular formula is C26H23F5N4O3. The largest absolute Gasteiger partial charge is 0.488 e. The first-order valence-electron chi connectivity index (χ1n) is 11.6. The molecule has 4 rings (SSSR count). The van der Waals surface area contributed by atoms with Crippen LogP contribution in [0.2, 0.25) is 0 Å². The molecule has 38 heavy (non-hydrogen) atoms. The highest BCUT2D eigenvalue weighted by molar-refractivity contribution is 6.00. The van der Waals surface area contributed by atoms with E-state index < -0.39 is 30.2 Å². The number of halogens is 5. The Labute approximate surface area is 214 Å². The quantitative estimate of drug-likeness (QED) is 0.248. The average Bonchev–Trinajstić information content (AvgIpc) is 3.68. The van der Waals surface area contributed by atoms with E-state index in [9.17, 15) is 31.5 Å². The topological polar surface area (TPSA) is 93.2 Å². The van der Waals surface area contributed by atoms with Gasteiger partial charge in [0, 0.05) is 31.0 Å². The minimum atomic E-state index is -4.75. The first kappa shape index (κ1) is 27.0. The second-order valence-corrected chi connectivity index (χ2v) is 8.92. The molecule has 1 aliphatic carbocycles. The summed E-state index contributed by atoms with van der Waals surface area (Å²) in [5.74, 6) is -0.768. The number of amides is 1. The second-order valence-electron chi connectivity index (χ2n) is 8.92. The molecule has 2 N–H and O–H groups in total. The van der Waals surface area contributed by atoms with Crippen LogP contribution < -0.4 is 15.4 Å². The van der Waals surface area contributed by atoms with Crippen LogP contribution in [0.25, 0.3) is 0 Å². The fourth-order valence-corrected chi connectivity index (χ4v) is 3.83. The van der Waals surface area contributed by atoms with Crippen LogP contribution in [-0.4, -0.2) is 34.7 Å². The Morgan fingerprint density at radius 1 is 1.03 bits per heavy atom. The van der Waals surface area contributed by atoms with E-state index >= 15 is 0 Å². The Bertz CT molecular complexity index is 1280. The molecule has 1 fully saturated rings. The van der Waals surface area contributed by atoms with Crippen molar-refractivity contribution in [2.24, 2.45) is 5.41 Å². The highest BCUT2D eigenvalue weighted by Crippen LogP contribution is 2.49. The number of Topliss-reactive ketones (excluding diaryl/α,β-unsaturated/α-hetero) is 1. The summed E-state index contributed by atoms with van der Waals surface area (Å²) in [6, 6.07) is 9.33. The van der Waals surface area contributed by atoms with Crippen LogP contribution in [0.3, 0.4) is 0 Å². The summed E-state index contributed by atoms with van der Waals surface area (Å²) < 4.78 is 70.0. The molecule has 1 heterocycles. The molecule has 1 aromatic heterocycles. The molecule has 0 aliphatic heterocycles. The maximum atomic E-state index is 13.5. The third-order valence-corrected chi connectivity index (χ3v) is 6.08. The second kappa shape index (κ2) is 11.1. The zero-order valence-electron chi connectivity index (χ0n) is 19.9. The van der Waals surface area contributed by atoms with E-state index in [1.54, 1.807) is 24.3 Å². The predicted octanol–water partition coefficient (Wildman–Crippen LogP) is 5.55. The third kappa shape index (κ3) is 6.81. The maximum absolute atomic E-state index is 13.5. The van der Waals surface area contributed by atoms with Crippen LogP contribution in [0.4, 0.5) is 33.3 Å². The number of carbonyl (C=O) groups is 2. The number of nitrogens with zero attached hydrogens (tertiary/aromatic N) is 2. The lowest BCUT2D eigenvalue weighted by molar-refractivity contribution is -0.137. The smallest absolute Gasteiger partial charge is 0.418 e. The highest BCUT2D eigenvalue weighted by Gasteiger charge is 2.51. The summed E-state index contributed by atoms with van der Waals surface area (Å²) in [6.07, 6.45) is -2.18. The van der Waals surface area contributed by atoms with Crippen LogP contribution in [0.15, 0.2) is 61.2 Å². The minimum Gasteiger partial charge on any atom is -0.488 e. The van der Waals surface area contributed by atoms with Gasteiger partial charge >= 0.3 is 6.18 Å². The number of ketones is 1. The van der Waals surface area contributed by atoms with E-state index in [4.69, 9.17) is 4.74 Å². The number of hydrogen-bond acceptors (Lipinski definition) is 6. The first-order valence-corrected chi connectivity index (χ1v) is 11.6. The molecule has 0 unspecified atom stereocenters. The molecule has 1 amide bonds. The highest BCUT2D eigenvalue weighted by atomic mass is 19.4. The van der Waals surface area contributed by atoms with Gasteiger partial charge in [-0.2, -0.15) is 13.2 Å². The lowest BCUT2D eigenvalue weighted by atomic mass is 9.95. The predicted molar refractivity (Wildman–Crippen MR) is 127 cm³/mol. The summed E-state index contributed by atoms with van der Waals surface area (Å²) >= 11 is 0. The number of nitrogens with one attached hydrogen (secondary N) is 2. The van der Waals surface area contributed by atoms with Crippen molar-refractivity contribution in [3.8, 4) is 5.75 Å². The number of alkyl halides is 5. The lowest BCUT2D eigenvalue weighted by Gasteiger charge is -2.17.